The third-order valence-corrected chi connectivity index (χ3v) is 12.1. The van der Waals surface area contributed by atoms with Gasteiger partial charge in [0.25, 0.3) is 0 Å². The highest BCUT2D eigenvalue weighted by molar-refractivity contribution is 6.13. The van der Waals surface area contributed by atoms with Crippen molar-refractivity contribution >= 4 is 65.2 Å². The van der Waals surface area contributed by atoms with Crippen molar-refractivity contribution in [3.8, 4) is 44.8 Å². The third kappa shape index (κ3) is 5.05. The summed E-state index contributed by atoms with van der Waals surface area (Å²) in [5.41, 5.74) is 14.4. The molecule has 0 aliphatic heterocycles. The summed E-state index contributed by atoms with van der Waals surface area (Å²) in [7, 11) is 0. The average Bonchev–Trinajstić information content (AvgIpc) is 3.81. The zero-order valence-corrected chi connectivity index (χ0v) is 31.7. The van der Waals surface area contributed by atoms with E-state index >= 15 is 0 Å². The molecule has 2 heterocycles. The Labute approximate surface area is 336 Å². The quantitative estimate of drug-likeness (QED) is 0.167. The SMILES string of the molecule is c1cc(-c2cccc3ccccc23)cc(-n2c3ccccc3c3cc(-c4ccc5c(c4)c4ccccc4n5-c4cccc(-c5cccc6ccccc56)c4)ccc32)c1. The second-order valence-electron chi connectivity index (χ2n) is 15.3. The van der Waals surface area contributed by atoms with Gasteiger partial charge in [-0.15, -0.1) is 0 Å². The molecule has 0 unspecified atom stereocenters. The number of benzene rings is 10. The van der Waals surface area contributed by atoms with Crippen LogP contribution in [0.15, 0.2) is 218 Å². The Kier molecular flexibility index (Phi) is 7.26. The summed E-state index contributed by atoms with van der Waals surface area (Å²) in [6, 6.07) is 80.0. The van der Waals surface area contributed by atoms with Gasteiger partial charge in [0.2, 0.25) is 0 Å². The van der Waals surface area contributed by atoms with E-state index in [0.29, 0.717) is 0 Å². The van der Waals surface area contributed by atoms with Gasteiger partial charge in [-0.2, -0.15) is 0 Å². The van der Waals surface area contributed by atoms with Crippen molar-refractivity contribution < 1.29 is 0 Å². The predicted octanol–water partition coefficient (Wildman–Crippen LogP) is 15.2. The van der Waals surface area contributed by atoms with Crippen molar-refractivity contribution in [1.29, 1.82) is 0 Å². The molecule has 12 aromatic rings. The molecule has 10 aromatic carbocycles. The Balaban J connectivity index is 0.987. The maximum absolute atomic E-state index is 2.42. The van der Waals surface area contributed by atoms with Crippen LogP contribution in [0.3, 0.4) is 0 Å². The van der Waals surface area contributed by atoms with Gasteiger partial charge in [-0.1, -0.05) is 158 Å². The van der Waals surface area contributed by atoms with Crippen LogP contribution in [0, 0.1) is 0 Å². The van der Waals surface area contributed by atoms with Crippen LogP contribution in [-0.2, 0) is 0 Å². The Morgan fingerprint density at radius 3 is 1.09 bits per heavy atom. The molecule has 0 radical (unpaired) electrons. The molecule has 2 heteroatoms. The lowest BCUT2D eigenvalue weighted by molar-refractivity contribution is 1.18. The molecule has 0 spiro atoms. The highest BCUT2D eigenvalue weighted by Gasteiger charge is 2.17. The predicted molar refractivity (Wildman–Crippen MR) is 246 cm³/mol. The van der Waals surface area contributed by atoms with Crippen molar-refractivity contribution in [3.05, 3.63) is 218 Å². The molecule has 0 aliphatic rings. The first-order valence-corrected chi connectivity index (χ1v) is 20.0. The molecule has 0 atom stereocenters. The van der Waals surface area contributed by atoms with E-state index in [1.807, 2.05) is 0 Å². The van der Waals surface area contributed by atoms with E-state index in [-0.39, 0.29) is 0 Å². The van der Waals surface area contributed by atoms with Gasteiger partial charge in [-0.3, -0.25) is 0 Å². The molecule has 0 amide bonds. The van der Waals surface area contributed by atoms with Crippen LogP contribution < -0.4 is 0 Å². The van der Waals surface area contributed by atoms with E-state index in [0.717, 1.165) is 11.4 Å². The molecule has 12 rings (SSSR count). The first-order chi connectivity index (χ1) is 28.8. The van der Waals surface area contributed by atoms with Crippen molar-refractivity contribution in [2.24, 2.45) is 0 Å². The fraction of sp³-hybridized carbons (Fsp3) is 0. The Hall–Kier alpha value is -7.68. The lowest BCUT2D eigenvalue weighted by atomic mass is 9.98. The minimum Gasteiger partial charge on any atom is -0.309 e. The highest BCUT2D eigenvalue weighted by Crippen LogP contribution is 2.40. The standard InChI is InChI=1S/C56H36N2/c1-3-21-45-37(13-1)15-11-25-47(45)41-17-9-19-43(33-41)57-53-27-7-5-23-49(53)51-35-39(29-31-55(51)57)40-30-32-56-52(36-40)50-24-6-8-28-54(50)58(56)44-20-10-18-42(34-44)48-26-12-16-38-14-2-4-22-46(38)48/h1-36H. The highest BCUT2D eigenvalue weighted by atomic mass is 15.0. The Bertz CT molecular complexity index is 3330. The molecule has 0 aliphatic carbocycles. The smallest absolute Gasteiger partial charge is 0.0541 e. The van der Waals surface area contributed by atoms with Gasteiger partial charge < -0.3 is 9.13 Å². The second-order valence-corrected chi connectivity index (χ2v) is 15.3. The Morgan fingerprint density at radius 2 is 0.603 bits per heavy atom. The van der Waals surface area contributed by atoms with E-state index in [4.69, 9.17) is 0 Å². The van der Waals surface area contributed by atoms with Crippen molar-refractivity contribution in [1.82, 2.24) is 9.13 Å². The molecule has 0 fully saturated rings. The van der Waals surface area contributed by atoms with Gasteiger partial charge >= 0.3 is 0 Å². The number of nitrogens with zero attached hydrogens (tertiary/aromatic N) is 2. The van der Waals surface area contributed by atoms with Gasteiger partial charge in [0.05, 0.1) is 22.1 Å². The van der Waals surface area contributed by atoms with Crippen LogP contribution in [0.5, 0.6) is 0 Å². The topological polar surface area (TPSA) is 9.86 Å². The molecule has 2 aromatic heterocycles. The summed E-state index contributed by atoms with van der Waals surface area (Å²) >= 11 is 0. The van der Waals surface area contributed by atoms with Gasteiger partial charge in [-0.05, 0) is 116 Å². The number of hydrogen-bond donors (Lipinski definition) is 0. The molecule has 0 bridgehead atoms. The van der Waals surface area contributed by atoms with E-state index in [9.17, 15) is 0 Å². The first-order valence-electron chi connectivity index (χ1n) is 20.0. The number of rotatable bonds is 5. The van der Waals surface area contributed by atoms with Crippen molar-refractivity contribution in [2.45, 2.75) is 0 Å². The minimum atomic E-state index is 1.16. The molecular formula is C56H36N2. The van der Waals surface area contributed by atoms with Gasteiger partial charge in [0.1, 0.15) is 0 Å². The molecule has 2 nitrogen and oxygen atoms in total. The summed E-state index contributed by atoms with van der Waals surface area (Å²) in [5, 5.41) is 10.0. The van der Waals surface area contributed by atoms with Crippen LogP contribution in [0.25, 0.3) is 110 Å². The van der Waals surface area contributed by atoms with Crippen LogP contribution in [0.2, 0.25) is 0 Å². The normalized spacial score (nSPS) is 11.8. The zero-order chi connectivity index (χ0) is 38.2. The van der Waals surface area contributed by atoms with Gasteiger partial charge in [0, 0.05) is 32.9 Å². The average molecular weight is 737 g/mol. The lowest BCUT2D eigenvalue weighted by Crippen LogP contribution is -1.95. The third-order valence-electron chi connectivity index (χ3n) is 12.1. The minimum absolute atomic E-state index is 1.16. The monoisotopic (exact) mass is 736 g/mol. The number of aromatic nitrogens is 2. The van der Waals surface area contributed by atoms with Crippen LogP contribution in [0.1, 0.15) is 0 Å². The maximum Gasteiger partial charge on any atom is 0.0541 e. The molecule has 0 saturated heterocycles. The van der Waals surface area contributed by atoms with Crippen LogP contribution in [0.4, 0.5) is 0 Å². The number of hydrogen-bond acceptors (Lipinski definition) is 0. The fourth-order valence-corrected chi connectivity index (χ4v) is 9.44. The summed E-state index contributed by atoms with van der Waals surface area (Å²) < 4.78 is 4.85. The summed E-state index contributed by atoms with van der Waals surface area (Å²) in [4.78, 5) is 0. The fourth-order valence-electron chi connectivity index (χ4n) is 9.44. The maximum atomic E-state index is 2.42. The summed E-state index contributed by atoms with van der Waals surface area (Å²) in [5.74, 6) is 0. The summed E-state index contributed by atoms with van der Waals surface area (Å²) in [6.45, 7) is 0. The van der Waals surface area contributed by atoms with Crippen LogP contribution in [-0.4, -0.2) is 9.13 Å². The van der Waals surface area contributed by atoms with E-state index < -0.39 is 0 Å². The molecule has 0 saturated carbocycles. The Morgan fingerprint density at radius 1 is 0.224 bits per heavy atom. The molecular weight excluding hydrogens is 701 g/mol. The van der Waals surface area contributed by atoms with Crippen molar-refractivity contribution in [2.75, 3.05) is 0 Å². The van der Waals surface area contributed by atoms with Gasteiger partial charge in [-0.25, -0.2) is 0 Å². The van der Waals surface area contributed by atoms with E-state index in [1.165, 1.54) is 98.5 Å². The van der Waals surface area contributed by atoms with Crippen LogP contribution >= 0.6 is 0 Å². The molecule has 0 N–H and O–H groups in total. The number of fused-ring (bicyclic) bond motifs is 8. The van der Waals surface area contributed by atoms with E-state index in [1.54, 1.807) is 0 Å². The largest absolute Gasteiger partial charge is 0.309 e. The van der Waals surface area contributed by atoms with E-state index in [2.05, 4.69) is 228 Å². The van der Waals surface area contributed by atoms with Crippen molar-refractivity contribution in [3.63, 3.8) is 0 Å². The second kappa shape index (κ2) is 12.9. The lowest BCUT2D eigenvalue weighted by Gasteiger charge is -2.12. The van der Waals surface area contributed by atoms with Gasteiger partial charge in [0.15, 0.2) is 0 Å². The summed E-state index contributed by atoms with van der Waals surface area (Å²) in [6.07, 6.45) is 0. The molecule has 58 heavy (non-hydrogen) atoms. The molecule has 270 valence electrons. The number of para-hydroxylation sites is 2. The zero-order valence-electron chi connectivity index (χ0n) is 31.7. The first kappa shape index (κ1) is 32.6.